The van der Waals surface area contributed by atoms with Gasteiger partial charge in [-0.25, -0.2) is 9.67 Å². The number of aromatic nitrogens is 4. The lowest BCUT2D eigenvalue weighted by Gasteiger charge is -2.31. The number of ether oxygens (including phenoxy) is 3. The van der Waals surface area contributed by atoms with E-state index >= 15 is 0 Å². The first-order valence-corrected chi connectivity index (χ1v) is 13.3. The number of esters is 1. The minimum absolute atomic E-state index is 0.212. The molecule has 39 heavy (non-hydrogen) atoms. The predicted molar refractivity (Wildman–Crippen MR) is 151 cm³/mol. The van der Waals surface area contributed by atoms with Gasteiger partial charge in [-0.1, -0.05) is 23.2 Å². The molecule has 204 valence electrons. The average Bonchev–Trinajstić information content (AvgIpc) is 3.30. The van der Waals surface area contributed by atoms with Gasteiger partial charge in [-0.15, -0.1) is 5.10 Å². The van der Waals surface area contributed by atoms with Crippen molar-refractivity contribution in [2.45, 2.75) is 19.8 Å². The normalized spacial score (nSPS) is 15.4. The molecule has 10 nitrogen and oxygen atoms in total. The highest BCUT2D eigenvalue weighted by atomic mass is 35.5. The van der Waals surface area contributed by atoms with Gasteiger partial charge in [-0.2, -0.15) is 4.98 Å². The number of benzene rings is 2. The molecule has 1 saturated heterocycles. The number of hydrogen-bond donors (Lipinski definition) is 1. The summed E-state index contributed by atoms with van der Waals surface area (Å²) < 4.78 is 17.8. The molecular formula is C27H28Cl2N6O4. The number of carbonyl (C=O) groups is 1. The van der Waals surface area contributed by atoms with Crippen LogP contribution >= 0.6 is 23.2 Å². The fourth-order valence-electron chi connectivity index (χ4n) is 4.76. The number of methoxy groups -OCH3 is 2. The summed E-state index contributed by atoms with van der Waals surface area (Å²) in [5, 5.41) is 6.08. The SMILES string of the molecule is CCOC(=O)C1CCCN(c2nc(-c3ccc(OC)c(OC)c3)c3c(N)n(-c4ccc(Cl)c(Cl)c4)nc3n2)C1. The Kier molecular flexibility index (Phi) is 7.67. The average molecular weight is 571 g/mol. The van der Waals surface area contributed by atoms with E-state index in [-0.39, 0.29) is 11.9 Å². The first-order chi connectivity index (χ1) is 18.8. The summed E-state index contributed by atoms with van der Waals surface area (Å²) in [6.07, 6.45) is 1.55. The van der Waals surface area contributed by atoms with Gasteiger partial charge in [0.2, 0.25) is 5.95 Å². The van der Waals surface area contributed by atoms with Gasteiger partial charge in [0.05, 0.1) is 53.6 Å². The van der Waals surface area contributed by atoms with E-state index in [1.54, 1.807) is 50.1 Å². The molecule has 0 aliphatic carbocycles. The minimum Gasteiger partial charge on any atom is -0.493 e. The molecular weight excluding hydrogens is 543 g/mol. The van der Waals surface area contributed by atoms with Crippen LogP contribution in [0.5, 0.6) is 11.5 Å². The smallest absolute Gasteiger partial charge is 0.310 e. The third-order valence-electron chi connectivity index (χ3n) is 6.69. The number of nitrogens with two attached hydrogens (primary N) is 1. The number of anilines is 2. The second-order valence-corrected chi connectivity index (χ2v) is 9.89. The molecule has 4 aromatic rings. The lowest BCUT2D eigenvalue weighted by atomic mass is 9.98. The van der Waals surface area contributed by atoms with E-state index in [1.165, 1.54) is 0 Å². The van der Waals surface area contributed by atoms with Crippen LogP contribution in [0.15, 0.2) is 36.4 Å². The number of carbonyl (C=O) groups excluding carboxylic acids is 1. The van der Waals surface area contributed by atoms with Crippen molar-refractivity contribution in [2.75, 3.05) is 44.5 Å². The summed E-state index contributed by atoms with van der Waals surface area (Å²) >= 11 is 12.4. The summed E-state index contributed by atoms with van der Waals surface area (Å²) in [7, 11) is 3.15. The van der Waals surface area contributed by atoms with Crippen molar-refractivity contribution in [3.05, 3.63) is 46.4 Å². The molecule has 2 aromatic heterocycles. The zero-order valence-electron chi connectivity index (χ0n) is 21.8. The Morgan fingerprint density at radius 3 is 2.59 bits per heavy atom. The zero-order chi connectivity index (χ0) is 27.7. The summed E-state index contributed by atoms with van der Waals surface area (Å²) in [6.45, 7) is 3.28. The van der Waals surface area contributed by atoms with Crippen LogP contribution in [-0.4, -0.2) is 59.6 Å². The number of piperidine rings is 1. The number of nitrogens with zero attached hydrogens (tertiary/aromatic N) is 5. The van der Waals surface area contributed by atoms with Crippen molar-refractivity contribution < 1.29 is 19.0 Å². The molecule has 3 heterocycles. The first kappa shape index (κ1) is 26.8. The van der Waals surface area contributed by atoms with E-state index in [2.05, 4.69) is 0 Å². The van der Waals surface area contributed by atoms with Gasteiger partial charge in [0.25, 0.3) is 0 Å². The van der Waals surface area contributed by atoms with Gasteiger partial charge in [-0.05, 0) is 56.2 Å². The summed E-state index contributed by atoms with van der Waals surface area (Å²) in [5.74, 6) is 1.43. The molecule has 1 unspecified atom stereocenters. The molecule has 5 rings (SSSR count). The molecule has 1 aliphatic rings. The Morgan fingerprint density at radius 1 is 1.08 bits per heavy atom. The molecule has 2 N–H and O–H groups in total. The highest BCUT2D eigenvalue weighted by Gasteiger charge is 2.30. The molecule has 0 spiro atoms. The van der Waals surface area contributed by atoms with E-state index in [4.69, 9.17) is 58.2 Å². The lowest BCUT2D eigenvalue weighted by molar-refractivity contribution is -0.148. The van der Waals surface area contributed by atoms with Crippen molar-refractivity contribution in [3.63, 3.8) is 0 Å². The van der Waals surface area contributed by atoms with Crippen LogP contribution in [0.3, 0.4) is 0 Å². The van der Waals surface area contributed by atoms with Crippen molar-refractivity contribution in [1.82, 2.24) is 19.7 Å². The third-order valence-corrected chi connectivity index (χ3v) is 7.43. The van der Waals surface area contributed by atoms with Crippen molar-refractivity contribution in [1.29, 1.82) is 0 Å². The molecule has 2 aromatic carbocycles. The van der Waals surface area contributed by atoms with Crippen LogP contribution in [0.4, 0.5) is 11.8 Å². The van der Waals surface area contributed by atoms with Crippen LogP contribution in [0.1, 0.15) is 19.8 Å². The van der Waals surface area contributed by atoms with Crippen molar-refractivity contribution >= 4 is 52.0 Å². The quantitative estimate of drug-likeness (QED) is 0.300. The van der Waals surface area contributed by atoms with E-state index < -0.39 is 0 Å². The Hall–Kier alpha value is -3.76. The first-order valence-electron chi connectivity index (χ1n) is 12.5. The molecule has 0 amide bonds. The second-order valence-electron chi connectivity index (χ2n) is 9.07. The standard InChI is InChI=1S/C27H28Cl2N6O4/c1-4-39-26(36)16-6-5-11-34(14-16)27-31-23(15-7-10-20(37-2)21(12-15)38-3)22-24(30)35(33-25(22)32-27)17-8-9-18(28)19(29)13-17/h7-10,12-13,16H,4-6,11,14,30H2,1-3H3. The second kappa shape index (κ2) is 11.2. The third kappa shape index (κ3) is 5.14. The summed E-state index contributed by atoms with van der Waals surface area (Å²) in [4.78, 5) is 24.2. The van der Waals surface area contributed by atoms with Crippen LogP contribution in [0.2, 0.25) is 10.0 Å². The van der Waals surface area contributed by atoms with Crippen LogP contribution in [0, 0.1) is 5.92 Å². The maximum Gasteiger partial charge on any atom is 0.310 e. The minimum atomic E-state index is -0.263. The van der Waals surface area contributed by atoms with Gasteiger partial charge in [0, 0.05) is 18.7 Å². The molecule has 1 atom stereocenters. The number of rotatable bonds is 7. The van der Waals surface area contributed by atoms with E-state index in [0.29, 0.717) is 75.4 Å². The van der Waals surface area contributed by atoms with Crippen molar-refractivity contribution in [3.8, 4) is 28.4 Å². The van der Waals surface area contributed by atoms with Gasteiger partial charge in [0.15, 0.2) is 17.1 Å². The van der Waals surface area contributed by atoms with Crippen LogP contribution in [0.25, 0.3) is 28.0 Å². The Balaban J connectivity index is 1.68. The van der Waals surface area contributed by atoms with Gasteiger partial charge in [0.1, 0.15) is 5.82 Å². The largest absolute Gasteiger partial charge is 0.493 e. The van der Waals surface area contributed by atoms with Crippen molar-refractivity contribution in [2.24, 2.45) is 5.92 Å². The summed E-state index contributed by atoms with van der Waals surface area (Å²) in [5.41, 5.74) is 8.99. The number of hydrogen-bond acceptors (Lipinski definition) is 9. The highest BCUT2D eigenvalue weighted by Crippen LogP contribution is 2.38. The van der Waals surface area contributed by atoms with Gasteiger partial charge < -0.3 is 24.8 Å². The van der Waals surface area contributed by atoms with E-state index in [1.807, 2.05) is 17.0 Å². The molecule has 1 fully saturated rings. The summed E-state index contributed by atoms with van der Waals surface area (Å²) in [6, 6.07) is 10.7. The fraction of sp³-hybridized carbons (Fsp3) is 0.333. The Morgan fingerprint density at radius 2 is 1.87 bits per heavy atom. The lowest BCUT2D eigenvalue weighted by Crippen LogP contribution is -2.40. The zero-order valence-corrected chi connectivity index (χ0v) is 23.3. The monoisotopic (exact) mass is 570 g/mol. The van der Waals surface area contributed by atoms with Crippen LogP contribution < -0.4 is 20.1 Å². The van der Waals surface area contributed by atoms with Crippen LogP contribution in [-0.2, 0) is 9.53 Å². The number of nitrogen functional groups attached to an aromatic ring is 1. The maximum absolute atomic E-state index is 12.5. The molecule has 12 heteroatoms. The molecule has 0 saturated carbocycles. The number of halogens is 2. The fourth-order valence-corrected chi connectivity index (χ4v) is 5.05. The maximum atomic E-state index is 12.5. The Labute approximate surface area is 235 Å². The molecule has 1 aliphatic heterocycles. The van der Waals surface area contributed by atoms with Gasteiger partial charge >= 0.3 is 5.97 Å². The number of fused-ring (bicyclic) bond motifs is 1. The Bertz CT molecular complexity index is 1540. The highest BCUT2D eigenvalue weighted by molar-refractivity contribution is 6.42. The molecule has 0 radical (unpaired) electrons. The van der Waals surface area contributed by atoms with E-state index in [9.17, 15) is 4.79 Å². The predicted octanol–water partition coefficient (Wildman–Crippen LogP) is 5.17. The van der Waals surface area contributed by atoms with Gasteiger partial charge in [-0.3, -0.25) is 4.79 Å². The topological polar surface area (TPSA) is 118 Å². The molecule has 0 bridgehead atoms. The van der Waals surface area contributed by atoms with E-state index in [0.717, 1.165) is 18.4 Å².